The van der Waals surface area contributed by atoms with Crippen LogP contribution < -0.4 is 14.5 Å². The first kappa shape index (κ1) is 22.7. The molecule has 0 bridgehead atoms. The number of nitrogens with zero attached hydrogens (tertiary/aromatic N) is 2. The maximum atomic E-state index is 6.55. The van der Waals surface area contributed by atoms with Crippen molar-refractivity contribution in [3.63, 3.8) is 0 Å². The minimum absolute atomic E-state index is 0.344. The van der Waals surface area contributed by atoms with E-state index in [1.807, 2.05) is 96.0 Å². The van der Waals surface area contributed by atoms with Crippen molar-refractivity contribution < 1.29 is 9.47 Å². The Labute approximate surface area is 203 Å². The molecule has 0 saturated heterocycles. The van der Waals surface area contributed by atoms with Gasteiger partial charge in [0, 0.05) is 5.02 Å². The zero-order valence-electron chi connectivity index (χ0n) is 18.0. The van der Waals surface area contributed by atoms with Crippen molar-refractivity contribution in [2.24, 2.45) is 5.10 Å². The Bertz CT molecular complexity index is 1170. The molecule has 0 aliphatic carbocycles. The van der Waals surface area contributed by atoms with Crippen molar-refractivity contribution in [2.75, 3.05) is 12.1 Å². The lowest BCUT2D eigenvalue weighted by Gasteiger charge is -2.19. The monoisotopic (exact) mass is 476 g/mol. The van der Waals surface area contributed by atoms with Crippen LogP contribution in [0, 0.1) is 0 Å². The summed E-state index contributed by atoms with van der Waals surface area (Å²) >= 11 is 12.5. The molecule has 0 unspecified atom stereocenters. The Kier molecular flexibility index (Phi) is 7.51. The number of rotatable bonds is 8. The van der Waals surface area contributed by atoms with Crippen molar-refractivity contribution in [1.82, 2.24) is 0 Å². The Hall–Kier alpha value is -3.47. The molecule has 0 N–H and O–H groups in total. The lowest BCUT2D eigenvalue weighted by molar-refractivity contribution is 0.284. The van der Waals surface area contributed by atoms with Gasteiger partial charge in [0.2, 0.25) is 0 Å². The number of para-hydroxylation sites is 2. The number of halogens is 2. The molecule has 0 spiro atoms. The molecule has 0 amide bonds. The normalized spacial score (nSPS) is 10.9. The molecule has 4 nitrogen and oxygen atoms in total. The fourth-order valence-corrected chi connectivity index (χ4v) is 3.64. The molecular weight excluding hydrogens is 455 g/mol. The Morgan fingerprint density at radius 3 is 2.00 bits per heavy atom. The van der Waals surface area contributed by atoms with Gasteiger partial charge in [0.05, 0.1) is 29.7 Å². The van der Waals surface area contributed by atoms with Gasteiger partial charge in [-0.15, -0.1) is 0 Å². The standard InChI is InChI=1S/C27H22Cl2N2O2/c1-32-26-17-21(16-25(29)27(26)33-19-20-12-14-22(28)15-13-20)18-30-31(23-8-4-2-5-9-23)24-10-6-3-7-11-24/h2-18H,19H2,1H3/b30-18-. The number of methoxy groups -OCH3 is 1. The van der Waals surface area contributed by atoms with E-state index in [0.29, 0.717) is 28.2 Å². The van der Waals surface area contributed by atoms with Crippen LogP contribution in [0.1, 0.15) is 11.1 Å². The van der Waals surface area contributed by atoms with Gasteiger partial charge >= 0.3 is 0 Å². The molecule has 4 aromatic carbocycles. The number of hydrogen-bond donors (Lipinski definition) is 0. The Morgan fingerprint density at radius 1 is 0.818 bits per heavy atom. The first-order chi connectivity index (χ1) is 16.1. The van der Waals surface area contributed by atoms with E-state index >= 15 is 0 Å². The van der Waals surface area contributed by atoms with Gasteiger partial charge in [-0.3, -0.25) is 0 Å². The molecule has 0 radical (unpaired) electrons. The van der Waals surface area contributed by atoms with Gasteiger partial charge in [-0.2, -0.15) is 5.10 Å². The predicted octanol–water partition coefficient (Wildman–Crippen LogP) is 7.75. The summed E-state index contributed by atoms with van der Waals surface area (Å²) < 4.78 is 11.5. The van der Waals surface area contributed by atoms with Gasteiger partial charge in [0.25, 0.3) is 0 Å². The smallest absolute Gasteiger partial charge is 0.180 e. The van der Waals surface area contributed by atoms with E-state index in [9.17, 15) is 0 Å². The Balaban J connectivity index is 1.59. The zero-order chi connectivity index (χ0) is 23.0. The van der Waals surface area contributed by atoms with E-state index in [-0.39, 0.29) is 0 Å². The van der Waals surface area contributed by atoms with E-state index in [0.717, 1.165) is 22.5 Å². The van der Waals surface area contributed by atoms with Gasteiger partial charge in [0.15, 0.2) is 11.5 Å². The first-order valence-electron chi connectivity index (χ1n) is 10.3. The minimum atomic E-state index is 0.344. The summed E-state index contributed by atoms with van der Waals surface area (Å²) in [5.41, 5.74) is 3.65. The summed E-state index contributed by atoms with van der Waals surface area (Å²) in [5, 5.41) is 7.71. The van der Waals surface area contributed by atoms with Crippen molar-refractivity contribution >= 4 is 40.8 Å². The van der Waals surface area contributed by atoms with Crippen molar-refractivity contribution in [2.45, 2.75) is 6.61 Å². The SMILES string of the molecule is COc1cc(/C=N\N(c2ccccc2)c2ccccc2)cc(Cl)c1OCc1ccc(Cl)cc1. The Morgan fingerprint density at radius 2 is 1.42 bits per heavy atom. The second kappa shape index (κ2) is 10.9. The molecule has 4 rings (SSSR count). The third kappa shape index (κ3) is 5.86. The number of anilines is 2. The predicted molar refractivity (Wildman–Crippen MR) is 136 cm³/mol. The second-order valence-corrected chi connectivity index (χ2v) is 8.02. The molecule has 166 valence electrons. The van der Waals surface area contributed by atoms with E-state index in [2.05, 4.69) is 0 Å². The molecule has 0 aliphatic heterocycles. The molecular formula is C27H22Cl2N2O2. The largest absolute Gasteiger partial charge is 0.493 e. The van der Waals surface area contributed by atoms with Crippen LogP contribution >= 0.6 is 23.2 Å². The number of benzene rings is 4. The van der Waals surface area contributed by atoms with Crippen LogP contribution in [-0.2, 0) is 6.61 Å². The van der Waals surface area contributed by atoms with Crippen LogP contribution in [0.5, 0.6) is 11.5 Å². The highest BCUT2D eigenvalue weighted by Crippen LogP contribution is 2.37. The fraction of sp³-hybridized carbons (Fsp3) is 0.0741. The van der Waals surface area contributed by atoms with Crippen LogP contribution in [0.4, 0.5) is 11.4 Å². The second-order valence-electron chi connectivity index (χ2n) is 7.18. The van der Waals surface area contributed by atoms with Crippen molar-refractivity contribution in [1.29, 1.82) is 0 Å². The van der Waals surface area contributed by atoms with Crippen LogP contribution in [0.3, 0.4) is 0 Å². The zero-order valence-corrected chi connectivity index (χ0v) is 19.5. The summed E-state index contributed by atoms with van der Waals surface area (Å²) in [5.74, 6) is 1.01. The van der Waals surface area contributed by atoms with E-state index in [4.69, 9.17) is 37.8 Å². The molecule has 0 fully saturated rings. The van der Waals surface area contributed by atoms with E-state index in [1.165, 1.54) is 0 Å². The quantitative estimate of drug-likeness (QED) is 0.192. The highest BCUT2D eigenvalue weighted by atomic mass is 35.5. The van der Waals surface area contributed by atoms with E-state index < -0.39 is 0 Å². The van der Waals surface area contributed by atoms with Gasteiger partial charge in [-0.25, -0.2) is 5.01 Å². The van der Waals surface area contributed by atoms with Gasteiger partial charge in [-0.1, -0.05) is 71.7 Å². The average Bonchev–Trinajstić information content (AvgIpc) is 2.85. The number of hydrogen-bond acceptors (Lipinski definition) is 4. The third-order valence-corrected chi connectivity index (χ3v) is 5.40. The maximum Gasteiger partial charge on any atom is 0.180 e. The first-order valence-corrected chi connectivity index (χ1v) is 11.1. The maximum absolute atomic E-state index is 6.55. The third-order valence-electron chi connectivity index (χ3n) is 4.87. The summed E-state index contributed by atoms with van der Waals surface area (Å²) in [4.78, 5) is 0. The molecule has 4 aromatic rings. The highest BCUT2D eigenvalue weighted by molar-refractivity contribution is 6.32. The van der Waals surface area contributed by atoms with Gasteiger partial charge in [-0.05, 0) is 59.7 Å². The minimum Gasteiger partial charge on any atom is -0.493 e. The van der Waals surface area contributed by atoms with Crippen molar-refractivity contribution in [3.05, 3.63) is 118 Å². The summed E-state index contributed by atoms with van der Waals surface area (Å²) in [6.07, 6.45) is 1.75. The molecule has 33 heavy (non-hydrogen) atoms. The van der Waals surface area contributed by atoms with E-state index in [1.54, 1.807) is 19.4 Å². The van der Waals surface area contributed by atoms with Crippen LogP contribution in [0.2, 0.25) is 10.0 Å². The molecule has 0 atom stereocenters. The summed E-state index contributed by atoms with van der Waals surface area (Å²) in [7, 11) is 1.59. The topological polar surface area (TPSA) is 34.1 Å². The number of hydrazone groups is 1. The molecule has 0 aromatic heterocycles. The van der Waals surface area contributed by atoms with Crippen LogP contribution in [0.25, 0.3) is 0 Å². The van der Waals surface area contributed by atoms with Gasteiger partial charge in [0.1, 0.15) is 6.61 Å². The summed E-state index contributed by atoms with van der Waals surface area (Å²) in [6, 6.07) is 31.0. The lowest BCUT2D eigenvalue weighted by atomic mass is 10.2. The molecule has 0 aliphatic rings. The molecule has 0 saturated carbocycles. The fourth-order valence-electron chi connectivity index (χ4n) is 3.24. The number of ether oxygens (including phenoxy) is 2. The molecule has 6 heteroatoms. The van der Waals surface area contributed by atoms with Gasteiger partial charge < -0.3 is 9.47 Å². The average molecular weight is 477 g/mol. The van der Waals surface area contributed by atoms with Crippen LogP contribution in [-0.4, -0.2) is 13.3 Å². The molecule has 0 heterocycles. The highest BCUT2D eigenvalue weighted by Gasteiger charge is 2.13. The van der Waals surface area contributed by atoms with Crippen LogP contribution in [0.15, 0.2) is 102 Å². The summed E-state index contributed by atoms with van der Waals surface area (Å²) in [6.45, 7) is 0.344. The lowest BCUT2D eigenvalue weighted by Crippen LogP contribution is -2.09. The van der Waals surface area contributed by atoms with Crippen molar-refractivity contribution in [3.8, 4) is 11.5 Å².